The Balaban J connectivity index is 0.827. The average molecular weight is 1700 g/mol. The summed E-state index contributed by atoms with van der Waals surface area (Å²) in [5, 5.41) is 78.9. The van der Waals surface area contributed by atoms with Crippen LogP contribution in [0.25, 0.3) is 0 Å². The minimum absolute atomic E-state index is 0.00807. The van der Waals surface area contributed by atoms with Crippen LogP contribution in [-0.4, -0.2) is 232 Å². The molecular formula is C84H115N8O25S2+. The molecule has 0 saturated heterocycles. The zero-order valence-corrected chi connectivity index (χ0v) is 69.8. The Bertz CT molecular complexity index is 4600. The predicted molar refractivity (Wildman–Crippen MR) is 440 cm³/mol. The van der Waals surface area contributed by atoms with E-state index in [9.17, 15) is 105 Å². The smallest absolute Gasteiger partial charge is 0.326 e. The number of anilines is 1. The standard InChI is InChI=1S/C84H114N8O25S2/c1-83(2)65-51-63(118(110,111)112)31-34-69(65)89(5)73(83)23-12-8-13-24-74-84(3,4)66-52-64(119(113,114)115)32-35-70(66)92(74)42-17-9-11-19-61(93)21-18-45-116-47-48-117-46-41-86-76(98)38-29-58-28-37-72(96)60(50-58)54-91(56-79(103)104)44-43-90(55-78(101)102)53-59-49-57(27-36-71(59)95)26-30-62(94)20-10-6-7-14-25-75(97)85-40-16-15-22-67(80(105)106)87-82(109)88-68(81(107)108)33-39-77(99)100/h8,12-13,23-24,27-28,31-32,34-37,49-52,67-68H,6-7,9-11,14-22,25-26,29-30,33,38-48,53-56H2,1-5H3,(H12-,85,86,87,88,95,96,97,98,99,100,101,102,103,104,105,106,107,108,109,110,111,112,113,114,115)/p+1. The number of ether oxygens (including phenoxy) is 2. The number of hydrogen-bond acceptors (Lipinski definition) is 21. The van der Waals surface area contributed by atoms with Gasteiger partial charge in [0.15, 0.2) is 5.71 Å². The number of hydrogen-bond donors (Lipinski definition) is 13. The first-order valence-electron chi connectivity index (χ1n) is 39.9. The van der Waals surface area contributed by atoms with Gasteiger partial charge in [-0.15, -0.1) is 0 Å². The van der Waals surface area contributed by atoms with Gasteiger partial charge >= 0.3 is 35.9 Å². The first-order valence-corrected chi connectivity index (χ1v) is 42.8. The Labute approximate surface area is 694 Å². The average Bonchev–Trinajstić information content (AvgIpc) is 1.59. The summed E-state index contributed by atoms with van der Waals surface area (Å²) in [7, 11) is -6.98. The van der Waals surface area contributed by atoms with Crippen LogP contribution in [0.1, 0.15) is 183 Å². The molecule has 4 aromatic carbocycles. The molecule has 2 aliphatic heterocycles. The first kappa shape index (κ1) is 97.6. The summed E-state index contributed by atoms with van der Waals surface area (Å²) in [5.41, 5.74) is 5.89. The highest BCUT2D eigenvalue weighted by Gasteiger charge is 2.44. The van der Waals surface area contributed by atoms with Gasteiger partial charge in [-0.3, -0.25) is 52.5 Å². The Kier molecular flexibility index (Phi) is 38.9. The van der Waals surface area contributed by atoms with Crippen molar-refractivity contribution in [3.8, 4) is 11.5 Å². The van der Waals surface area contributed by atoms with E-state index in [1.54, 1.807) is 36.4 Å². The number of urea groups is 1. The number of carbonyl (C=O) groups is 10. The van der Waals surface area contributed by atoms with Gasteiger partial charge in [-0.25, -0.2) is 14.4 Å². The van der Waals surface area contributed by atoms with Crippen LogP contribution in [-0.2, 0) is 110 Å². The van der Waals surface area contributed by atoms with Crippen molar-refractivity contribution in [2.24, 2.45) is 0 Å². The molecule has 0 radical (unpaired) electrons. The number of phenolic OH excluding ortho intramolecular Hbond substituents is 2. The summed E-state index contributed by atoms with van der Waals surface area (Å²) in [4.78, 5) is 126. The molecule has 0 spiro atoms. The van der Waals surface area contributed by atoms with Crippen molar-refractivity contribution >= 4 is 96.6 Å². The summed E-state index contributed by atoms with van der Waals surface area (Å²) >= 11 is 0. The number of carboxylic acids is 5. The van der Waals surface area contributed by atoms with Gasteiger partial charge in [0.05, 0.1) is 48.1 Å². The van der Waals surface area contributed by atoms with E-state index < -0.39 is 105 Å². The maximum Gasteiger partial charge on any atom is 0.326 e. The lowest BCUT2D eigenvalue weighted by Gasteiger charge is -2.27. The summed E-state index contributed by atoms with van der Waals surface area (Å²) < 4.78 is 81.3. The molecule has 2 atom stereocenters. The SMILES string of the molecule is C[N+]1=C(C=CC=CC=C2N(CCCCCC(=O)CCCOCCOCCNC(=O)CCc3ccc(O)c(CN(CCN(CC(=O)O)Cc4cc(CCC(=O)CCCCCCC(=O)NCCCCC(NC(=O)NC(CCC(=O)O)C(=O)O)C(=O)O)ccc4O)CC(=O)O)c3)c3ccc(S(=O)(=O)O)cc3C2(C)C)C(C)(C)c2cc(S(=O)(=O)O)ccc21. The minimum Gasteiger partial charge on any atom is -0.508 e. The lowest BCUT2D eigenvalue weighted by atomic mass is 9.81. The third-order valence-corrected chi connectivity index (χ3v) is 22.5. The van der Waals surface area contributed by atoms with Gasteiger partial charge in [-0.1, -0.05) is 75.6 Å². The number of nitrogens with one attached hydrogen (secondary N) is 4. The van der Waals surface area contributed by atoms with E-state index >= 15 is 0 Å². The van der Waals surface area contributed by atoms with Gasteiger partial charge in [0.2, 0.25) is 17.5 Å². The highest BCUT2D eigenvalue weighted by Crippen LogP contribution is 2.49. The molecule has 0 fully saturated rings. The molecule has 0 bridgehead atoms. The van der Waals surface area contributed by atoms with Gasteiger partial charge in [0.25, 0.3) is 20.2 Å². The van der Waals surface area contributed by atoms with E-state index in [1.165, 1.54) is 46.2 Å². The van der Waals surface area contributed by atoms with Crippen molar-refractivity contribution in [1.82, 2.24) is 31.1 Å². The molecule has 119 heavy (non-hydrogen) atoms. The minimum atomic E-state index is -4.48. The summed E-state index contributed by atoms with van der Waals surface area (Å²) in [6, 6.07) is 14.8. The van der Waals surface area contributed by atoms with Crippen molar-refractivity contribution in [1.29, 1.82) is 0 Å². The van der Waals surface area contributed by atoms with Gasteiger partial charge in [-0.05, 0) is 150 Å². The molecule has 13 N–H and O–H groups in total. The topological polar surface area (TPSA) is 500 Å². The van der Waals surface area contributed by atoms with Crippen molar-refractivity contribution in [3.63, 3.8) is 0 Å². The van der Waals surface area contributed by atoms with Crippen LogP contribution >= 0.6 is 0 Å². The van der Waals surface area contributed by atoms with E-state index in [0.717, 1.165) is 52.3 Å². The third kappa shape index (κ3) is 32.8. The van der Waals surface area contributed by atoms with E-state index in [0.29, 0.717) is 113 Å². The number of allylic oxidation sites excluding steroid dienone is 6. The molecular weight excluding hydrogens is 1590 g/mol. The quantitative estimate of drug-likeness (QED) is 0.00849. The first-order chi connectivity index (χ1) is 56.2. The van der Waals surface area contributed by atoms with Crippen molar-refractivity contribution < 1.29 is 124 Å². The van der Waals surface area contributed by atoms with Crippen LogP contribution in [0.15, 0.2) is 119 Å². The van der Waals surface area contributed by atoms with E-state index in [1.807, 2.05) is 69.7 Å². The van der Waals surface area contributed by atoms with Crippen LogP contribution < -0.4 is 26.2 Å². The number of aryl methyl sites for hydroxylation is 2. The summed E-state index contributed by atoms with van der Waals surface area (Å²) in [6.07, 6.45) is 16.8. The van der Waals surface area contributed by atoms with E-state index in [-0.39, 0.29) is 129 Å². The number of benzene rings is 4. The molecule has 4 aromatic rings. The maximum atomic E-state index is 12.9. The zero-order chi connectivity index (χ0) is 87.6. The fraction of sp³-hybridized carbons (Fsp3) is 0.512. The number of carboxylic acid groups (broad SMARTS) is 5. The summed E-state index contributed by atoms with van der Waals surface area (Å²) in [5.74, 6) is -6.98. The number of aliphatic carboxylic acids is 5. The van der Waals surface area contributed by atoms with Crippen LogP contribution in [0.3, 0.4) is 0 Å². The second-order valence-corrected chi connectivity index (χ2v) is 33.6. The van der Waals surface area contributed by atoms with Crippen LogP contribution in [0.4, 0.5) is 16.2 Å². The predicted octanol–water partition coefficient (Wildman–Crippen LogP) is 8.76. The molecule has 2 aliphatic rings. The van der Waals surface area contributed by atoms with E-state index in [4.69, 9.17) is 14.6 Å². The maximum absolute atomic E-state index is 12.9. The zero-order valence-electron chi connectivity index (χ0n) is 68.2. The number of phenols is 2. The molecule has 0 aromatic heterocycles. The van der Waals surface area contributed by atoms with E-state index in [2.05, 4.69) is 26.2 Å². The number of nitrogens with zero attached hydrogens (tertiary/aromatic N) is 4. The number of ketones is 2. The van der Waals surface area contributed by atoms with Crippen LogP contribution in [0.2, 0.25) is 0 Å². The van der Waals surface area contributed by atoms with Crippen molar-refractivity contribution in [2.45, 2.75) is 208 Å². The van der Waals surface area contributed by atoms with Crippen molar-refractivity contribution in [2.75, 3.05) is 84.2 Å². The molecule has 0 saturated carbocycles. The number of aromatic hydroxyl groups is 2. The highest BCUT2D eigenvalue weighted by molar-refractivity contribution is 7.86. The number of Topliss-reactive ketones (excluding diaryl/α,β-unsaturated/α-hetero) is 2. The second kappa shape index (κ2) is 47.5. The van der Waals surface area contributed by atoms with Gasteiger partial charge in [0.1, 0.15) is 42.2 Å². The molecule has 652 valence electrons. The monoisotopic (exact) mass is 1700 g/mol. The Morgan fingerprint density at radius 3 is 1.60 bits per heavy atom. The largest absolute Gasteiger partial charge is 0.508 e. The Hall–Kier alpha value is -10.3. The molecule has 2 heterocycles. The number of fused-ring (bicyclic) bond motifs is 2. The molecule has 33 nitrogen and oxygen atoms in total. The molecule has 2 unspecified atom stereocenters. The Morgan fingerprint density at radius 2 is 1.03 bits per heavy atom. The summed E-state index contributed by atoms with van der Waals surface area (Å²) in [6.45, 7) is 9.21. The number of unbranched alkanes of at least 4 members (excludes halogenated alkanes) is 6. The lowest BCUT2D eigenvalue weighted by Crippen LogP contribution is -2.51. The molecule has 0 aliphatic carbocycles. The van der Waals surface area contributed by atoms with Crippen molar-refractivity contribution in [3.05, 3.63) is 142 Å². The Morgan fingerprint density at radius 1 is 0.513 bits per heavy atom. The molecule has 6 rings (SSSR count). The van der Waals surface area contributed by atoms with Gasteiger partial charge < -0.3 is 71.4 Å². The van der Waals surface area contributed by atoms with Gasteiger partial charge in [0, 0.05) is 143 Å². The lowest BCUT2D eigenvalue weighted by molar-refractivity contribution is -0.401. The van der Waals surface area contributed by atoms with Gasteiger partial charge in [-0.2, -0.15) is 21.4 Å². The molecule has 4 amide bonds. The fourth-order valence-electron chi connectivity index (χ4n) is 14.3. The van der Waals surface area contributed by atoms with Crippen LogP contribution in [0, 0.1) is 0 Å². The normalized spacial score (nSPS) is 14.5. The number of rotatable bonds is 57. The fourth-order valence-corrected chi connectivity index (χ4v) is 15.3. The third-order valence-electron chi connectivity index (χ3n) is 20.8. The molecule has 35 heteroatoms. The van der Waals surface area contributed by atoms with Crippen LogP contribution in [0.5, 0.6) is 11.5 Å². The number of amides is 4. The highest BCUT2D eigenvalue weighted by atomic mass is 32.2. The second-order valence-electron chi connectivity index (χ2n) is 30.7. The number of carbonyl (C=O) groups excluding carboxylic acids is 5.